The molecule has 222 valence electrons. The Morgan fingerprint density at radius 3 is 2.44 bits per heavy atom. The lowest BCUT2D eigenvalue weighted by Crippen LogP contribution is -2.39. The first-order valence-electron chi connectivity index (χ1n) is 13.6. The van der Waals surface area contributed by atoms with E-state index in [1.54, 1.807) is 48.5 Å². The second-order valence-corrected chi connectivity index (χ2v) is 10.5. The van der Waals surface area contributed by atoms with Crippen molar-refractivity contribution in [2.45, 2.75) is 26.8 Å². The molecule has 0 bridgehead atoms. The van der Waals surface area contributed by atoms with Crippen molar-refractivity contribution in [3.05, 3.63) is 102 Å². The zero-order valence-electron chi connectivity index (χ0n) is 24.3. The highest BCUT2D eigenvalue weighted by molar-refractivity contribution is 7.07. The molecule has 0 radical (unpaired) electrons. The molecule has 2 aromatic heterocycles. The number of methoxy groups -OCH3 is 2. The van der Waals surface area contributed by atoms with Gasteiger partial charge in [-0.25, -0.2) is 14.6 Å². The third kappa shape index (κ3) is 5.76. The number of esters is 2. The predicted octanol–water partition coefficient (Wildman–Crippen LogP) is 4.17. The average Bonchev–Trinajstić information content (AvgIpc) is 3.61. The molecule has 0 saturated carbocycles. The van der Waals surface area contributed by atoms with Crippen LogP contribution in [0.25, 0.3) is 17.4 Å². The van der Waals surface area contributed by atoms with Gasteiger partial charge in [0.05, 0.1) is 49.1 Å². The van der Waals surface area contributed by atoms with Gasteiger partial charge >= 0.3 is 11.9 Å². The minimum absolute atomic E-state index is 0.203. The van der Waals surface area contributed by atoms with Crippen molar-refractivity contribution in [3.8, 4) is 22.8 Å². The number of ether oxygens (including phenoxy) is 4. The normalized spacial score (nSPS) is 14.4. The molecular formula is C32H30N2O8S. The quantitative estimate of drug-likeness (QED) is 0.262. The van der Waals surface area contributed by atoms with Gasteiger partial charge < -0.3 is 23.4 Å². The highest BCUT2D eigenvalue weighted by atomic mass is 32.1. The third-order valence-electron chi connectivity index (χ3n) is 6.83. The number of furan rings is 1. The van der Waals surface area contributed by atoms with Gasteiger partial charge in [-0.1, -0.05) is 23.5 Å². The van der Waals surface area contributed by atoms with Gasteiger partial charge in [0, 0.05) is 17.8 Å². The van der Waals surface area contributed by atoms with Crippen molar-refractivity contribution in [1.82, 2.24) is 4.57 Å². The molecule has 1 atom stereocenters. The van der Waals surface area contributed by atoms with Crippen LogP contribution in [0.3, 0.4) is 0 Å². The van der Waals surface area contributed by atoms with Crippen molar-refractivity contribution in [1.29, 1.82) is 0 Å². The lowest BCUT2D eigenvalue weighted by atomic mass is 9.97. The van der Waals surface area contributed by atoms with Crippen LogP contribution >= 0.6 is 11.3 Å². The standard InChI is InChI=1S/C32H30N2O8S/c1-6-40-25-12-10-19(15-26(25)41-7-2)28-23(31(37)39-5)17-33-32-34(28)29(35)27(43-32)16-21-11-13-24(42-21)22-14-20(30(36)38-4)9-8-18(22)3/h8-17,28H,6-7H2,1-5H3/b27-16-/t28-/m1/s1. The molecule has 3 heterocycles. The summed E-state index contributed by atoms with van der Waals surface area (Å²) in [5, 5.41) is 0. The Morgan fingerprint density at radius 2 is 1.72 bits per heavy atom. The molecule has 1 aliphatic rings. The number of aromatic nitrogens is 1. The molecule has 0 saturated heterocycles. The lowest BCUT2D eigenvalue weighted by Gasteiger charge is -2.23. The van der Waals surface area contributed by atoms with Gasteiger partial charge in [-0.2, -0.15) is 0 Å². The van der Waals surface area contributed by atoms with E-state index in [2.05, 4.69) is 4.99 Å². The van der Waals surface area contributed by atoms with Crippen molar-refractivity contribution >= 4 is 29.4 Å². The molecule has 0 aliphatic carbocycles. The van der Waals surface area contributed by atoms with E-state index >= 15 is 0 Å². The summed E-state index contributed by atoms with van der Waals surface area (Å²) in [6, 6.07) is 13.2. The third-order valence-corrected chi connectivity index (χ3v) is 7.83. The van der Waals surface area contributed by atoms with Crippen LogP contribution in [0.4, 0.5) is 0 Å². The minimum atomic E-state index is -0.809. The first-order valence-corrected chi connectivity index (χ1v) is 14.4. The van der Waals surface area contributed by atoms with Crippen LogP contribution in [0, 0.1) is 6.92 Å². The molecule has 11 heteroatoms. The van der Waals surface area contributed by atoms with E-state index in [0.717, 1.165) is 11.1 Å². The smallest absolute Gasteiger partial charge is 0.337 e. The van der Waals surface area contributed by atoms with E-state index in [1.165, 1.54) is 36.3 Å². The van der Waals surface area contributed by atoms with E-state index in [1.807, 2.05) is 26.8 Å². The molecule has 10 nitrogen and oxygen atoms in total. The monoisotopic (exact) mass is 602 g/mol. The highest BCUT2D eigenvalue weighted by Crippen LogP contribution is 2.35. The molecule has 0 fully saturated rings. The SMILES string of the molecule is CCOc1ccc([C@@H]2C(C(=O)OC)=CN=c3s/c(=C\c4ccc(-c5cc(C(=O)OC)ccc5C)o4)c(=O)n32)cc1OCC. The van der Waals surface area contributed by atoms with Gasteiger partial charge in [0.25, 0.3) is 5.56 Å². The Hall–Kier alpha value is -4.90. The predicted molar refractivity (Wildman–Crippen MR) is 160 cm³/mol. The summed E-state index contributed by atoms with van der Waals surface area (Å²) in [7, 11) is 2.61. The van der Waals surface area contributed by atoms with Crippen LogP contribution < -0.4 is 24.4 Å². The Bertz CT molecular complexity index is 1910. The number of aryl methyl sites for hydroxylation is 1. The fourth-order valence-corrected chi connectivity index (χ4v) is 5.77. The van der Waals surface area contributed by atoms with Crippen molar-refractivity contribution in [2.24, 2.45) is 4.99 Å². The van der Waals surface area contributed by atoms with Crippen LogP contribution in [-0.4, -0.2) is 43.9 Å². The van der Waals surface area contributed by atoms with Crippen molar-refractivity contribution in [3.63, 3.8) is 0 Å². The van der Waals surface area contributed by atoms with Gasteiger partial charge in [-0.05, 0) is 68.3 Å². The second kappa shape index (κ2) is 12.5. The summed E-state index contributed by atoms with van der Waals surface area (Å²) in [6.45, 7) is 6.51. The van der Waals surface area contributed by atoms with Crippen LogP contribution in [0.15, 0.2) is 74.5 Å². The largest absolute Gasteiger partial charge is 0.490 e. The van der Waals surface area contributed by atoms with E-state index in [4.69, 9.17) is 23.4 Å². The number of benzene rings is 2. The number of thiazole rings is 1. The van der Waals surface area contributed by atoms with Gasteiger partial charge in [0.2, 0.25) is 0 Å². The van der Waals surface area contributed by atoms with Gasteiger partial charge in [0.1, 0.15) is 11.5 Å². The molecule has 1 aliphatic heterocycles. The van der Waals surface area contributed by atoms with Crippen LogP contribution in [-0.2, 0) is 14.3 Å². The summed E-state index contributed by atoms with van der Waals surface area (Å²) in [5.41, 5.74) is 2.52. The average molecular weight is 603 g/mol. The molecule has 4 aromatic rings. The Labute approximate surface area is 251 Å². The Balaban J connectivity index is 1.59. The zero-order valence-corrected chi connectivity index (χ0v) is 25.2. The number of nitrogens with zero attached hydrogens (tertiary/aromatic N) is 2. The van der Waals surface area contributed by atoms with Crippen molar-refractivity contribution < 1.29 is 33.0 Å². The fraction of sp³-hybridized carbons (Fsp3) is 0.250. The maximum absolute atomic E-state index is 13.9. The first-order chi connectivity index (χ1) is 20.8. The minimum Gasteiger partial charge on any atom is -0.490 e. The molecule has 0 unspecified atom stereocenters. The van der Waals surface area contributed by atoms with Gasteiger partial charge in [-0.3, -0.25) is 9.36 Å². The highest BCUT2D eigenvalue weighted by Gasteiger charge is 2.31. The van der Waals surface area contributed by atoms with E-state index in [-0.39, 0.29) is 11.1 Å². The maximum Gasteiger partial charge on any atom is 0.337 e. The lowest BCUT2D eigenvalue weighted by molar-refractivity contribution is -0.136. The van der Waals surface area contributed by atoms with Crippen molar-refractivity contribution in [2.75, 3.05) is 27.4 Å². The number of rotatable bonds is 9. The number of hydrogen-bond donors (Lipinski definition) is 0. The zero-order chi connectivity index (χ0) is 30.7. The maximum atomic E-state index is 13.9. The van der Waals surface area contributed by atoms with Gasteiger partial charge in [0.15, 0.2) is 16.3 Å². The molecule has 0 spiro atoms. The van der Waals surface area contributed by atoms with E-state index < -0.39 is 18.0 Å². The number of fused-ring (bicyclic) bond motifs is 1. The van der Waals surface area contributed by atoms with E-state index in [9.17, 15) is 14.4 Å². The molecule has 43 heavy (non-hydrogen) atoms. The van der Waals surface area contributed by atoms with Crippen LogP contribution in [0.5, 0.6) is 11.5 Å². The second-order valence-electron chi connectivity index (χ2n) is 9.47. The summed E-state index contributed by atoms with van der Waals surface area (Å²) >= 11 is 1.17. The first kappa shape index (κ1) is 29.6. The molecule has 2 aromatic carbocycles. The fourth-order valence-electron chi connectivity index (χ4n) is 4.82. The van der Waals surface area contributed by atoms with E-state index in [0.29, 0.717) is 56.7 Å². The number of carbonyl (C=O) groups is 2. The summed E-state index contributed by atoms with van der Waals surface area (Å²) in [4.78, 5) is 43.6. The Kier molecular flexibility index (Phi) is 8.63. The number of carbonyl (C=O) groups excluding carboxylic acids is 2. The summed E-state index contributed by atoms with van der Waals surface area (Å²) in [6.07, 6.45) is 3.07. The summed E-state index contributed by atoms with van der Waals surface area (Å²) in [5.74, 6) is 0.980. The Morgan fingerprint density at radius 1 is 0.977 bits per heavy atom. The number of hydrogen-bond acceptors (Lipinski definition) is 10. The molecule has 0 N–H and O–H groups in total. The summed E-state index contributed by atoms with van der Waals surface area (Å²) < 4.78 is 29.3. The topological polar surface area (TPSA) is 119 Å². The van der Waals surface area contributed by atoms with Crippen LogP contribution in [0.2, 0.25) is 0 Å². The molecule has 5 rings (SSSR count). The molecule has 0 amide bonds. The van der Waals surface area contributed by atoms with Crippen LogP contribution in [0.1, 0.15) is 47.1 Å². The van der Waals surface area contributed by atoms with Gasteiger partial charge in [-0.15, -0.1) is 0 Å². The molecular weight excluding hydrogens is 572 g/mol.